The molecule has 2 fully saturated rings. The molecule has 1 unspecified atom stereocenters. The zero-order valence-electron chi connectivity index (χ0n) is 14.2. The van der Waals surface area contributed by atoms with E-state index in [1.165, 1.54) is 4.90 Å². The van der Waals surface area contributed by atoms with Gasteiger partial charge in [-0.05, 0) is 13.3 Å². The highest BCUT2D eigenvalue weighted by atomic mass is 16.2. The molecule has 0 radical (unpaired) electrons. The molecule has 0 bridgehead atoms. The number of urea groups is 1. The van der Waals surface area contributed by atoms with E-state index in [2.05, 4.69) is 37.6 Å². The molecule has 2 N–H and O–H groups in total. The molecule has 3 amide bonds. The Morgan fingerprint density at radius 1 is 1.38 bits per heavy atom. The summed E-state index contributed by atoms with van der Waals surface area (Å²) in [6, 6.07) is 0.248. The fraction of sp³-hybridized carbons (Fsp3) is 0.688. The van der Waals surface area contributed by atoms with Crippen LogP contribution in [0.25, 0.3) is 0 Å². The molecule has 3 rings (SSSR count). The van der Waals surface area contributed by atoms with Crippen LogP contribution < -0.4 is 10.6 Å². The highest BCUT2D eigenvalue weighted by Gasteiger charge is 2.30. The lowest BCUT2D eigenvalue weighted by molar-refractivity contribution is -0.124. The Kier molecular flexibility index (Phi) is 5.34. The Bertz CT molecular complexity index is 523. The SMILES string of the molecule is CCNC(=NCCN1C(=O)CNC1=O)N1CCC(N2CC=CC2)C1. The molecule has 0 aromatic rings. The first-order valence-corrected chi connectivity index (χ1v) is 8.69. The van der Waals surface area contributed by atoms with E-state index in [9.17, 15) is 9.59 Å². The summed E-state index contributed by atoms with van der Waals surface area (Å²) < 4.78 is 0. The van der Waals surface area contributed by atoms with Crippen LogP contribution in [0.5, 0.6) is 0 Å². The zero-order chi connectivity index (χ0) is 16.9. The van der Waals surface area contributed by atoms with Gasteiger partial charge in [-0.2, -0.15) is 0 Å². The predicted molar refractivity (Wildman–Crippen MR) is 91.8 cm³/mol. The van der Waals surface area contributed by atoms with Gasteiger partial charge in [-0.3, -0.25) is 19.6 Å². The highest BCUT2D eigenvalue weighted by molar-refractivity contribution is 6.01. The number of amides is 3. The first-order valence-electron chi connectivity index (χ1n) is 8.69. The van der Waals surface area contributed by atoms with E-state index in [1.54, 1.807) is 0 Å². The third-order valence-electron chi connectivity index (χ3n) is 4.68. The van der Waals surface area contributed by atoms with Crippen molar-refractivity contribution in [1.82, 2.24) is 25.3 Å². The number of imide groups is 1. The molecular weight excluding hydrogens is 308 g/mol. The minimum atomic E-state index is -0.317. The van der Waals surface area contributed by atoms with Gasteiger partial charge in [0.2, 0.25) is 5.91 Å². The Morgan fingerprint density at radius 3 is 2.83 bits per heavy atom. The molecule has 0 saturated carbocycles. The number of guanidine groups is 1. The second kappa shape index (κ2) is 7.65. The minimum absolute atomic E-state index is 0.0975. The van der Waals surface area contributed by atoms with Crippen molar-refractivity contribution in [2.45, 2.75) is 19.4 Å². The number of likely N-dealkylation sites (tertiary alicyclic amines) is 1. The number of hydrogen-bond donors (Lipinski definition) is 2. The maximum absolute atomic E-state index is 11.6. The van der Waals surface area contributed by atoms with E-state index in [4.69, 9.17) is 0 Å². The van der Waals surface area contributed by atoms with Crippen molar-refractivity contribution in [3.8, 4) is 0 Å². The number of aliphatic imine (C=N–C) groups is 1. The second-order valence-corrected chi connectivity index (χ2v) is 6.25. The summed E-state index contributed by atoms with van der Waals surface area (Å²) in [5.74, 6) is 0.696. The maximum atomic E-state index is 11.6. The molecule has 0 aliphatic carbocycles. The molecule has 3 aliphatic rings. The Hall–Kier alpha value is -2.09. The molecule has 2 saturated heterocycles. The van der Waals surface area contributed by atoms with Crippen molar-refractivity contribution in [2.24, 2.45) is 4.99 Å². The number of nitrogens with zero attached hydrogens (tertiary/aromatic N) is 4. The number of rotatable bonds is 5. The van der Waals surface area contributed by atoms with E-state index >= 15 is 0 Å². The van der Waals surface area contributed by atoms with E-state index in [-0.39, 0.29) is 18.5 Å². The molecular formula is C16H26N6O2. The number of carbonyl (C=O) groups excluding carboxylic acids is 2. The Balaban J connectivity index is 1.54. The third-order valence-corrected chi connectivity index (χ3v) is 4.68. The van der Waals surface area contributed by atoms with Gasteiger partial charge in [0.25, 0.3) is 0 Å². The fourth-order valence-corrected chi connectivity index (χ4v) is 3.39. The lowest BCUT2D eigenvalue weighted by atomic mass is 10.2. The van der Waals surface area contributed by atoms with Crippen molar-refractivity contribution >= 4 is 17.9 Å². The van der Waals surface area contributed by atoms with Gasteiger partial charge < -0.3 is 15.5 Å². The predicted octanol–water partition coefficient (Wildman–Crippen LogP) is -0.550. The maximum Gasteiger partial charge on any atom is 0.324 e. The van der Waals surface area contributed by atoms with Gasteiger partial charge in [-0.25, -0.2) is 4.79 Å². The first-order chi connectivity index (χ1) is 11.7. The largest absolute Gasteiger partial charge is 0.357 e. The lowest BCUT2D eigenvalue weighted by Gasteiger charge is -2.25. The zero-order valence-corrected chi connectivity index (χ0v) is 14.2. The first kappa shape index (κ1) is 16.8. The van der Waals surface area contributed by atoms with Crippen LogP contribution in [0, 0.1) is 0 Å². The Morgan fingerprint density at radius 2 is 2.17 bits per heavy atom. The minimum Gasteiger partial charge on any atom is -0.357 e. The number of hydrogen-bond acceptors (Lipinski definition) is 4. The second-order valence-electron chi connectivity index (χ2n) is 6.25. The van der Waals surface area contributed by atoms with Gasteiger partial charge >= 0.3 is 6.03 Å². The van der Waals surface area contributed by atoms with Crippen LogP contribution in [-0.2, 0) is 4.79 Å². The van der Waals surface area contributed by atoms with Crippen molar-refractivity contribution in [1.29, 1.82) is 0 Å². The summed E-state index contributed by atoms with van der Waals surface area (Å²) in [4.78, 5) is 33.7. The monoisotopic (exact) mass is 334 g/mol. The lowest BCUT2D eigenvalue weighted by Crippen LogP contribution is -2.43. The molecule has 0 spiro atoms. The number of nitrogens with one attached hydrogen (secondary N) is 2. The third kappa shape index (κ3) is 3.69. The molecule has 3 heterocycles. The summed E-state index contributed by atoms with van der Waals surface area (Å²) >= 11 is 0. The Labute approximate surface area is 142 Å². The van der Waals surface area contributed by atoms with Crippen LogP contribution in [0.3, 0.4) is 0 Å². The summed E-state index contributed by atoms with van der Waals surface area (Å²) in [5, 5.41) is 5.85. The molecule has 8 heteroatoms. The van der Waals surface area contributed by atoms with Gasteiger partial charge in [0.15, 0.2) is 5.96 Å². The van der Waals surface area contributed by atoms with E-state index in [1.807, 2.05) is 6.92 Å². The summed E-state index contributed by atoms with van der Waals surface area (Å²) in [6.45, 7) is 7.73. The van der Waals surface area contributed by atoms with Crippen LogP contribution in [0.4, 0.5) is 4.79 Å². The average molecular weight is 334 g/mol. The van der Waals surface area contributed by atoms with Gasteiger partial charge in [-0.15, -0.1) is 0 Å². The van der Waals surface area contributed by atoms with Crippen LogP contribution in [0.1, 0.15) is 13.3 Å². The standard InChI is InChI=1S/C16H26N6O2/c1-2-17-15(18-6-10-22-14(23)11-19-16(22)24)21-9-5-13(12-21)20-7-3-4-8-20/h3-4,13H,2,5-12H2,1H3,(H,17,18)(H,19,24). The fourth-order valence-electron chi connectivity index (χ4n) is 3.39. The molecule has 8 nitrogen and oxygen atoms in total. The quantitative estimate of drug-likeness (QED) is 0.305. The molecule has 132 valence electrons. The topological polar surface area (TPSA) is 80.3 Å². The smallest absolute Gasteiger partial charge is 0.324 e. The van der Waals surface area contributed by atoms with E-state index in [0.717, 1.165) is 45.1 Å². The molecule has 3 aliphatic heterocycles. The average Bonchev–Trinajstić information content (AvgIpc) is 3.30. The van der Waals surface area contributed by atoms with Gasteiger partial charge in [0.1, 0.15) is 0 Å². The van der Waals surface area contributed by atoms with Gasteiger partial charge in [-0.1, -0.05) is 12.2 Å². The van der Waals surface area contributed by atoms with Crippen molar-refractivity contribution < 1.29 is 9.59 Å². The molecule has 0 aromatic carbocycles. The highest BCUT2D eigenvalue weighted by Crippen LogP contribution is 2.17. The van der Waals surface area contributed by atoms with Crippen LogP contribution in [0.2, 0.25) is 0 Å². The van der Waals surface area contributed by atoms with E-state index in [0.29, 0.717) is 19.1 Å². The van der Waals surface area contributed by atoms with Gasteiger partial charge in [0.05, 0.1) is 19.6 Å². The van der Waals surface area contributed by atoms with Crippen molar-refractivity contribution in [3.63, 3.8) is 0 Å². The molecule has 1 atom stereocenters. The van der Waals surface area contributed by atoms with Gasteiger partial charge in [0, 0.05) is 38.8 Å². The summed E-state index contributed by atoms with van der Waals surface area (Å²) in [5.41, 5.74) is 0. The van der Waals surface area contributed by atoms with Crippen molar-refractivity contribution in [3.05, 3.63) is 12.2 Å². The normalized spacial score (nSPS) is 25.0. The number of carbonyl (C=O) groups is 2. The molecule has 0 aromatic heterocycles. The van der Waals surface area contributed by atoms with Crippen LogP contribution in [-0.4, -0.2) is 91.0 Å². The summed E-state index contributed by atoms with van der Waals surface area (Å²) in [7, 11) is 0. The summed E-state index contributed by atoms with van der Waals surface area (Å²) in [6.07, 6.45) is 5.58. The van der Waals surface area contributed by atoms with E-state index < -0.39 is 0 Å². The van der Waals surface area contributed by atoms with Crippen LogP contribution in [0.15, 0.2) is 17.1 Å². The van der Waals surface area contributed by atoms with Crippen LogP contribution >= 0.6 is 0 Å². The van der Waals surface area contributed by atoms with Crippen molar-refractivity contribution in [2.75, 3.05) is 52.4 Å². The molecule has 24 heavy (non-hydrogen) atoms.